The van der Waals surface area contributed by atoms with Crippen LogP contribution in [-0.2, 0) is 16.0 Å². The van der Waals surface area contributed by atoms with Crippen molar-refractivity contribution in [3.8, 4) is 0 Å². The Morgan fingerprint density at radius 1 is 1.25 bits per heavy atom. The molecule has 1 aromatic rings. The van der Waals surface area contributed by atoms with Gasteiger partial charge in [0.2, 0.25) is 0 Å². The Morgan fingerprint density at radius 2 is 2.09 bits per heavy atom. The van der Waals surface area contributed by atoms with Crippen LogP contribution in [0.1, 0.15) is 69.4 Å². The molecule has 2 saturated carbocycles. The number of ether oxygens (including phenoxy) is 2. The van der Waals surface area contributed by atoms with Gasteiger partial charge in [0.1, 0.15) is 12.6 Å². The van der Waals surface area contributed by atoms with Gasteiger partial charge < -0.3 is 14.6 Å². The van der Waals surface area contributed by atoms with E-state index in [0.717, 1.165) is 44.1 Å². The van der Waals surface area contributed by atoms with Crippen molar-refractivity contribution in [3.05, 3.63) is 63.3 Å². The standard InChI is InChI=1S/C27H35NO4/c1-3-31-16-19-12-22-18(15-32-19)8-9-21-24-10-11-25(29)27(24,2)13-23(26(21)22)20-7-5-4-6-17(20)14-28-30/h4-7,15,19,21,23-25,29H,3,8-14,16H2,1-2H3/t19?,21?,23?,24?,25?,27-/m0/s1. The summed E-state index contributed by atoms with van der Waals surface area (Å²) in [5, 5.41) is 14.3. The lowest BCUT2D eigenvalue weighted by Gasteiger charge is -2.52. The average molecular weight is 438 g/mol. The summed E-state index contributed by atoms with van der Waals surface area (Å²) in [5.74, 6) is 1.20. The molecular formula is C27H35NO4. The van der Waals surface area contributed by atoms with Crippen LogP contribution in [0.25, 0.3) is 0 Å². The molecule has 1 heterocycles. The third-order valence-electron chi connectivity index (χ3n) is 8.73. The Balaban J connectivity index is 1.63. The summed E-state index contributed by atoms with van der Waals surface area (Å²) in [6, 6.07) is 8.29. The Hall–Kier alpha value is -1.98. The second kappa shape index (κ2) is 8.75. The first-order valence-corrected chi connectivity index (χ1v) is 12.3. The molecule has 6 atom stereocenters. The van der Waals surface area contributed by atoms with Crippen LogP contribution in [0.3, 0.4) is 0 Å². The quantitative estimate of drug-likeness (QED) is 0.585. The first-order valence-electron chi connectivity index (χ1n) is 12.3. The van der Waals surface area contributed by atoms with Crippen LogP contribution in [0.15, 0.2) is 52.4 Å². The summed E-state index contributed by atoms with van der Waals surface area (Å²) in [7, 11) is 0. The maximum absolute atomic E-state index is 11.2. The number of allylic oxidation sites excluding steroid dienone is 2. The molecule has 5 heteroatoms. The van der Waals surface area contributed by atoms with Crippen LogP contribution < -0.4 is 0 Å². The van der Waals surface area contributed by atoms with Crippen LogP contribution in [0.4, 0.5) is 0 Å². The first-order chi connectivity index (χ1) is 15.6. The van der Waals surface area contributed by atoms with E-state index in [2.05, 4.69) is 24.2 Å². The molecule has 0 amide bonds. The molecular weight excluding hydrogens is 402 g/mol. The third kappa shape index (κ3) is 3.54. The molecule has 1 N–H and O–H groups in total. The van der Waals surface area contributed by atoms with Crippen LogP contribution in [-0.4, -0.2) is 30.5 Å². The number of hydrogen-bond donors (Lipinski definition) is 1. The molecule has 5 nitrogen and oxygen atoms in total. The van der Waals surface area contributed by atoms with Crippen molar-refractivity contribution in [2.75, 3.05) is 13.2 Å². The SMILES string of the molecule is CCOCC1CC2=C3C(c4ccccc4CN=O)C[C@]4(C)C(O)CCC4C3CCC2=CO1. The van der Waals surface area contributed by atoms with E-state index in [0.29, 0.717) is 25.0 Å². The molecule has 0 aromatic heterocycles. The lowest BCUT2D eigenvalue weighted by atomic mass is 9.53. The van der Waals surface area contributed by atoms with E-state index < -0.39 is 0 Å². The highest BCUT2D eigenvalue weighted by Crippen LogP contribution is 2.64. The van der Waals surface area contributed by atoms with Gasteiger partial charge in [-0.1, -0.05) is 41.9 Å². The van der Waals surface area contributed by atoms with Crippen molar-refractivity contribution in [2.45, 2.75) is 77.0 Å². The predicted molar refractivity (Wildman–Crippen MR) is 124 cm³/mol. The van der Waals surface area contributed by atoms with Gasteiger partial charge in [0, 0.05) is 18.9 Å². The lowest BCUT2D eigenvalue weighted by Crippen LogP contribution is -2.45. The highest BCUT2D eigenvalue weighted by atomic mass is 16.5. The first kappa shape index (κ1) is 21.8. The van der Waals surface area contributed by atoms with Gasteiger partial charge in [-0.25, -0.2) is 0 Å². The fraction of sp³-hybridized carbons (Fsp3) is 0.630. The minimum absolute atomic E-state index is 0.0509. The number of aliphatic hydroxyl groups is 1. The summed E-state index contributed by atoms with van der Waals surface area (Å²) >= 11 is 0. The molecule has 0 bridgehead atoms. The molecule has 4 aliphatic rings. The molecule has 2 fully saturated rings. The maximum atomic E-state index is 11.2. The van der Waals surface area contributed by atoms with Crippen molar-refractivity contribution in [1.82, 2.24) is 0 Å². The summed E-state index contributed by atoms with van der Waals surface area (Å²) < 4.78 is 11.7. The molecule has 5 unspecified atom stereocenters. The number of hydrogen-bond acceptors (Lipinski definition) is 5. The number of fused-ring (bicyclic) bond motifs is 4. The zero-order chi connectivity index (χ0) is 22.3. The number of aliphatic hydroxyl groups excluding tert-OH is 1. The molecule has 3 aliphatic carbocycles. The van der Waals surface area contributed by atoms with E-state index in [1.165, 1.54) is 16.7 Å². The topological polar surface area (TPSA) is 68.1 Å². The second-order valence-electron chi connectivity index (χ2n) is 10.3. The van der Waals surface area contributed by atoms with E-state index in [-0.39, 0.29) is 30.1 Å². The minimum Gasteiger partial charge on any atom is -0.495 e. The molecule has 32 heavy (non-hydrogen) atoms. The largest absolute Gasteiger partial charge is 0.495 e. The Morgan fingerprint density at radius 3 is 2.91 bits per heavy atom. The Bertz CT molecular complexity index is 937. The average Bonchev–Trinajstić information content (AvgIpc) is 3.11. The fourth-order valence-electron chi connectivity index (χ4n) is 7.20. The van der Waals surface area contributed by atoms with Crippen LogP contribution in [0.5, 0.6) is 0 Å². The van der Waals surface area contributed by atoms with Gasteiger partial charge in [0.05, 0.1) is 19.0 Å². The highest BCUT2D eigenvalue weighted by Gasteiger charge is 2.56. The van der Waals surface area contributed by atoms with E-state index in [4.69, 9.17) is 9.47 Å². The van der Waals surface area contributed by atoms with Crippen molar-refractivity contribution >= 4 is 0 Å². The number of nitroso groups, excluding NO2 is 1. The Kier molecular flexibility index (Phi) is 5.98. The van der Waals surface area contributed by atoms with Gasteiger partial charge in [-0.15, -0.1) is 0 Å². The number of benzene rings is 1. The molecule has 0 radical (unpaired) electrons. The van der Waals surface area contributed by atoms with E-state index in [1.54, 1.807) is 5.57 Å². The third-order valence-corrected chi connectivity index (χ3v) is 8.73. The van der Waals surface area contributed by atoms with Gasteiger partial charge in [-0.2, -0.15) is 4.91 Å². The minimum atomic E-state index is -0.254. The van der Waals surface area contributed by atoms with Crippen LogP contribution in [0.2, 0.25) is 0 Å². The van der Waals surface area contributed by atoms with Crippen molar-refractivity contribution in [2.24, 2.45) is 22.4 Å². The molecule has 172 valence electrons. The van der Waals surface area contributed by atoms with Gasteiger partial charge in [0.15, 0.2) is 0 Å². The van der Waals surface area contributed by atoms with Gasteiger partial charge in [-0.3, -0.25) is 0 Å². The van der Waals surface area contributed by atoms with Crippen molar-refractivity contribution < 1.29 is 14.6 Å². The monoisotopic (exact) mass is 437 g/mol. The number of rotatable bonds is 6. The zero-order valence-electron chi connectivity index (χ0n) is 19.3. The van der Waals surface area contributed by atoms with Gasteiger partial charge in [-0.05, 0) is 78.6 Å². The normalized spacial score (nSPS) is 36.0. The van der Waals surface area contributed by atoms with E-state index >= 15 is 0 Å². The van der Waals surface area contributed by atoms with E-state index in [9.17, 15) is 10.0 Å². The lowest BCUT2D eigenvalue weighted by molar-refractivity contribution is -0.00534. The Labute approximate surface area is 190 Å². The zero-order valence-corrected chi connectivity index (χ0v) is 19.3. The molecule has 0 spiro atoms. The maximum Gasteiger partial charge on any atom is 0.125 e. The molecule has 5 rings (SSSR count). The highest BCUT2D eigenvalue weighted by molar-refractivity contribution is 5.49. The fourth-order valence-corrected chi connectivity index (χ4v) is 7.20. The van der Waals surface area contributed by atoms with Crippen LogP contribution >= 0.6 is 0 Å². The number of nitrogens with zero attached hydrogens (tertiary/aromatic N) is 1. The second-order valence-corrected chi connectivity index (χ2v) is 10.3. The summed E-state index contributed by atoms with van der Waals surface area (Å²) in [4.78, 5) is 11.2. The summed E-state index contributed by atoms with van der Waals surface area (Å²) in [6.45, 7) is 5.82. The predicted octanol–water partition coefficient (Wildman–Crippen LogP) is 5.63. The van der Waals surface area contributed by atoms with Gasteiger partial charge in [0.25, 0.3) is 0 Å². The van der Waals surface area contributed by atoms with Crippen LogP contribution in [0, 0.1) is 22.2 Å². The van der Waals surface area contributed by atoms with Crippen molar-refractivity contribution in [1.29, 1.82) is 0 Å². The molecule has 1 aromatic carbocycles. The van der Waals surface area contributed by atoms with Gasteiger partial charge >= 0.3 is 0 Å². The molecule has 0 saturated heterocycles. The summed E-state index contributed by atoms with van der Waals surface area (Å²) in [5.41, 5.74) is 6.48. The van der Waals surface area contributed by atoms with E-state index in [1.807, 2.05) is 25.3 Å². The summed E-state index contributed by atoms with van der Waals surface area (Å²) in [6.07, 6.45) is 7.73. The smallest absolute Gasteiger partial charge is 0.125 e. The van der Waals surface area contributed by atoms with Crippen molar-refractivity contribution in [3.63, 3.8) is 0 Å². The molecule has 1 aliphatic heterocycles.